The highest BCUT2D eigenvalue weighted by molar-refractivity contribution is 7.16. The molecule has 1 aliphatic rings. The van der Waals surface area contributed by atoms with E-state index in [0.717, 1.165) is 24.8 Å². The summed E-state index contributed by atoms with van der Waals surface area (Å²) in [5.41, 5.74) is 7.77. The predicted molar refractivity (Wildman–Crippen MR) is 70.7 cm³/mol. The van der Waals surface area contributed by atoms with Crippen molar-refractivity contribution in [3.63, 3.8) is 0 Å². The smallest absolute Gasteiger partial charge is 0.341 e. The van der Waals surface area contributed by atoms with E-state index in [-0.39, 0.29) is 5.97 Å². The molecule has 4 heteroatoms. The lowest BCUT2D eigenvalue weighted by molar-refractivity contribution is 0.0505. The molecule has 0 bridgehead atoms. The first-order chi connectivity index (χ1) is 8.15. The van der Waals surface area contributed by atoms with E-state index < -0.39 is 0 Å². The van der Waals surface area contributed by atoms with Gasteiger partial charge in [-0.3, -0.25) is 0 Å². The van der Waals surface area contributed by atoms with Gasteiger partial charge >= 0.3 is 5.97 Å². The number of rotatable bonds is 3. The molecule has 2 rings (SSSR count). The molecule has 1 aliphatic carbocycles. The monoisotopic (exact) mass is 253 g/mol. The molecule has 94 valence electrons. The van der Waals surface area contributed by atoms with E-state index in [1.807, 2.05) is 6.92 Å². The zero-order valence-corrected chi connectivity index (χ0v) is 11.2. The summed E-state index contributed by atoms with van der Waals surface area (Å²) >= 11 is 1.56. The second-order valence-electron chi connectivity index (χ2n) is 4.61. The van der Waals surface area contributed by atoms with Crippen LogP contribution in [0.1, 0.15) is 59.8 Å². The van der Waals surface area contributed by atoms with Crippen molar-refractivity contribution in [2.75, 3.05) is 12.3 Å². The van der Waals surface area contributed by atoms with Crippen molar-refractivity contribution in [2.45, 2.75) is 45.4 Å². The Morgan fingerprint density at radius 3 is 3.06 bits per heavy atom. The zero-order chi connectivity index (χ0) is 12.4. The molecule has 0 spiro atoms. The van der Waals surface area contributed by atoms with Crippen LogP contribution in [-0.2, 0) is 11.2 Å². The lowest BCUT2D eigenvalue weighted by atomic mass is 9.86. The van der Waals surface area contributed by atoms with Crippen LogP contribution >= 0.6 is 11.3 Å². The van der Waals surface area contributed by atoms with Crippen LogP contribution in [0.15, 0.2) is 0 Å². The van der Waals surface area contributed by atoms with E-state index in [0.29, 0.717) is 23.1 Å². The lowest BCUT2D eigenvalue weighted by Gasteiger charge is -2.19. The Morgan fingerprint density at radius 2 is 2.35 bits per heavy atom. The highest BCUT2D eigenvalue weighted by atomic mass is 32.1. The van der Waals surface area contributed by atoms with Crippen LogP contribution < -0.4 is 5.73 Å². The van der Waals surface area contributed by atoms with Crippen LogP contribution in [0.2, 0.25) is 0 Å². The van der Waals surface area contributed by atoms with Gasteiger partial charge in [0, 0.05) is 4.88 Å². The lowest BCUT2D eigenvalue weighted by Crippen LogP contribution is -2.13. The fourth-order valence-electron chi connectivity index (χ4n) is 2.41. The summed E-state index contributed by atoms with van der Waals surface area (Å²) in [5, 5.41) is 0.629. The highest BCUT2D eigenvalue weighted by Gasteiger charge is 2.28. The van der Waals surface area contributed by atoms with Crippen molar-refractivity contribution in [1.29, 1.82) is 0 Å². The maximum atomic E-state index is 12.0. The highest BCUT2D eigenvalue weighted by Crippen LogP contribution is 2.42. The Balaban J connectivity index is 2.33. The zero-order valence-electron chi connectivity index (χ0n) is 10.4. The van der Waals surface area contributed by atoms with Gasteiger partial charge in [0.25, 0.3) is 0 Å². The standard InChI is InChI=1S/C13H19NO2S/c1-3-7-16-13(15)11-10-8(2)5-4-6-9(10)17-12(11)14/h8H,3-7,14H2,1-2H3. The molecule has 1 atom stereocenters. The van der Waals surface area contributed by atoms with Crippen molar-refractivity contribution < 1.29 is 9.53 Å². The summed E-state index contributed by atoms with van der Waals surface area (Å²) < 4.78 is 5.22. The third-order valence-electron chi connectivity index (χ3n) is 3.22. The van der Waals surface area contributed by atoms with Gasteiger partial charge in [-0.1, -0.05) is 13.8 Å². The minimum Gasteiger partial charge on any atom is -0.462 e. The third-order valence-corrected chi connectivity index (χ3v) is 4.32. The predicted octanol–water partition coefficient (Wildman–Crippen LogP) is 3.34. The fraction of sp³-hybridized carbons (Fsp3) is 0.615. The molecule has 0 aliphatic heterocycles. The first kappa shape index (κ1) is 12.4. The number of thiophene rings is 1. The number of nitrogen functional groups attached to an aromatic ring is 1. The first-order valence-electron chi connectivity index (χ1n) is 6.23. The van der Waals surface area contributed by atoms with Crippen molar-refractivity contribution in [2.24, 2.45) is 0 Å². The number of ether oxygens (including phenoxy) is 1. The molecule has 1 unspecified atom stereocenters. The first-order valence-corrected chi connectivity index (χ1v) is 7.05. The molecule has 0 saturated carbocycles. The maximum absolute atomic E-state index is 12.0. The van der Waals surface area contributed by atoms with Crippen molar-refractivity contribution >= 4 is 22.3 Å². The summed E-state index contributed by atoms with van der Waals surface area (Å²) in [6.45, 7) is 4.63. The van der Waals surface area contributed by atoms with Crippen molar-refractivity contribution in [3.8, 4) is 0 Å². The minimum atomic E-state index is -0.240. The molecule has 1 heterocycles. The Hall–Kier alpha value is -1.03. The number of carbonyl (C=O) groups is 1. The van der Waals surface area contributed by atoms with E-state index >= 15 is 0 Å². The summed E-state index contributed by atoms with van der Waals surface area (Å²) in [6, 6.07) is 0. The van der Waals surface area contributed by atoms with E-state index in [2.05, 4.69) is 6.92 Å². The largest absolute Gasteiger partial charge is 0.462 e. The van der Waals surface area contributed by atoms with Crippen LogP contribution in [0, 0.1) is 0 Å². The number of esters is 1. The number of fused-ring (bicyclic) bond motifs is 1. The van der Waals surface area contributed by atoms with E-state index in [1.165, 1.54) is 11.3 Å². The van der Waals surface area contributed by atoms with Crippen LogP contribution in [0.3, 0.4) is 0 Å². The molecule has 3 nitrogen and oxygen atoms in total. The van der Waals surface area contributed by atoms with E-state index in [1.54, 1.807) is 11.3 Å². The number of aryl methyl sites for hydroxylation is 1. The van der Waals surface area contributed by atoms with E-state index in [4.69, 9.17) is 10.5 Å². The van der Waals surface area contributed by atoms with Gasteiger partial charge < -0.3 is 10.5 Å². The molecular weight excluding hydrogens is 234 g/mol. The second kappa shape index (κ2) is 5.08. The number of anilines is 1. The van der Waals surface area contributed by atoms with Gasteiger partial charge in [0.05, 0.1) is 12.2 Å². The average Bonchev–Trinajstić information content (AvgIpc) is 2.64. The summed E-state index contributed by atoms with van der Waals surface area (Å²) in [4.78, 5) is 13.3. The molecule has 0 radical (unpaired) electrons. The SMILES string of the molecule is CCCOC(=O)c1c(N)sc2c1C(C)CCC2. The number of carbonyl (C=O) groups excluding carboxylic acids is 1. The van der Waals surface area contributed by atoms with Gasteiger partial charge in [0.1, 0.15) is 5.00 Å². The van der Waals surface area contributed by atoms with Crippen LogP contribution in [-0.4, -0.2) is 12.6 Å². The van der Waals surface area contributed by atoms with Crippen LogP contribution in [0.4, 0.5) is 5.00 Å². The topological polar surface area (TPSA) is 52.3 Å². The summed E-state index contributed by atoms with van der Waals surface area (Å²) in [7, 11) is 0. The molecule has 0 amide bonds. The molecule has 1 aromatic rings. The minimum absolute atomic E-state index is 0.240. The van der Waals surface area contributed by atoms with E-state index in [9.17, 15) is 4.79 Å². The normalized spacial score (nSPS) is 18.8. The quantitative estimate of drug-likeness (QED) is 0.841. The van der Waals surface area contributed by atoms with Crippen LogP contribution in [0.25, 0.3) is 0 Å². The van der Waals surface area contributed by atoms with Gasteiger partial charge in [-0.2, -0.15) is 0 Å². The molecule has 0 aromatic carbocycles. The molecule has 17 heavy (non-hydrogen) atoms. The Labute approximate surface area is 106 Å². The number of hydrogen-bond acceptors (Lipinski definition) is 4. The molecule has 1 aromatic heterocycles. The molecule has 0 saturated heterocycles. The Bertz CT molecular complexity index is 425. The summed E-state index contributed by atoms with van der Waals surface area (Å²) in [5.74, 6) is 0.187. The molecule has 0 fully saturated rings. The fourth-order valence-corrected chi connectivity index (χ4v) is 3.63. The van der Waals surface area contributed by atoms with Gasteiger partial charge in [-0.15, -0.1) is 11.3 Å². The second-order valence-corrected chi connectivity index (χ2v) is 5.74. The van der Waals surface area contributed by atoms with Crippen molar-refractivity contribution in [3.05, 3.63) is 16.0 Å². The van der Waals surface area contributed by atoms with Gasteiger partial charge in [0.2, 0.25) is 0 Å². The third kappa shape index (κ3) is 2.32. The van der Waals surface area contributed by atoms with Gasteiger partial charge in [0.15, 0.2) is 0 Å². The van der Waals surface area contributed by atoms with Gasteiger partial charge in [-0.05, 0) is 37.2 Å². The maximum Gasteiger partial charge on any atom is 0.341 e. The van der Waals surface area contributed by atoms with Crippen molar-refractivity contribution in [1.82, 2.24) is 0 Å². The Kier molecular flexibility index (Phi) is 3.72. The summed E-state index contributed by atoms with van der Waals surface area (Å²) in [6.07, 6.45) is 4.22. The Morgan fingerprint density at radius 1 is 1.59 bits per heavy atom. The number of hydrogen-bond donors (Lipinski definition) is 1. The average molecular weight is 253 g/mol. The molecular formula is C13H19NO2S. The number of nitrogens with two attached hydrogens (primary N) is 1. The van der Waals surface area contributed by atoms with Crippen LogP contribution in [0.5, 0.6) is 0 Å². The van der Waals surface area contributed by atoms with Gasteiger partial charge in [-0.25, -0.2) is 4.79 Å². The molecule has 2 N–H and O–H groups in total.